The fourth-order valence-corrected chi connectivity index (χ4v) is 0.359. The van der Waals surface area contributed by atoms with Crippen LogP contribution in [0.4, 0.5) is 0 Å². The third-order valence-electron chi connectivity index (χ3n) is 0.698. The fraction of sp³-hybridized carbons (Fsp3) is 0.667. The molecule has 0 atom stereocenters. The molecular formula is C6H13ClO. The van der Waals surface area contributed by atoms with E-state index in [4.69, 9.17) is 5.11 Å². The second-order valence-corrected chi connectivity index (χ2v) is 1.39. The van der Waals surface area contributed by atoms with Crippen LogP contribution in [0.25, 0.3) is 0 Å². The van der Waals surface area contributed by atoms with Crippen molar-refractivity contribution < 1.29 is 5.11 Å². The van der Waals surface area contributed by atoms with Crippen molar-refractivity contribution in [2.45, 2.75) is 19.8 Å². The third-order valence-corrected chi connectivity index (χ3v) is 0.698. The maximum Gasteiger partial charge on any atom is 0.0465 e. The van der Waals surface area contributed by atoms with Gasteiger partial charge in [0.05, 0.1) is 0 Å². The Bertz CT molecular complexity index is 52.5. The normalized spacial score (nSPS) is 9.25. The minimum atomic E-state index is 0. The number of allylic oxidation sites excluding steroid dienone is 1. The average molecular weight is 137 g/mol. The van der Waals surface area contributed by atoms with Gasteiger partial charge in [-0.3, -0.25) is 0 Å². The molecule has 0 saturated heterocycles. The zero-order valence-electron chi connectivity index (χ0n) is 5.13. The molecule has 50 valence electrons. The van der Waals surface area contributed by atoms with Gasteiger partial charge in [-0.2, -0.15) is 0 Å². The zero-order chi connectivity index (χ0) is 5.54. The second kappa shape index (κ2) is 10.1. The Morgan fingerprint density at radius 2 is 2.00 bits per heavy atom. The lowest BCUT2D eigenvalue weighted by Gasteiger charge is -1.79. The molecule has 0 aromatic heterocycles. The SMILES string of the molecule is CC/C=C\CCO.Cl. The summed E-state index contributed by atoms with van der Waals surface area (Å²) in [7, 11) is 0. The predicted molar refractivity (Wildman–Crippen MR) is 38.4 cm³/mol. The predicted octanol–water partition coefficient (Wildman–Crippen LogP) is 1.76. The quantitative estimate of drug-likeness (QED) is 0.587. The van der Waals surface area contributed by atoms with Crippen molar-refractivity contribution in [3.63, 3.8) is 0 Å². The van der Waals surface area contributed by atoms with Crippen LogP contribution in [0.1, 0.15) is 19.8 Å². The first-order valence-corrected chi connectivity index (χ1v) is 2.67. The molecular weight excluding hydrogens is 124 g/mol. The van der Waals surface area contributed by atoms with Crippen LogP contribution >= 0.6 is 12.4 Å². The van der Waals surface area contributed by atoms with Crippen molar-refractivity contribution in [1.82, 2.24) is 0 Å². The highest BCUT2D eigenvalue weighted by Gasteiger charge is 1.68. The first kappa shape index (κ1) is 10.9. The molecule has 1 N–H and O–H groups in total. The maximum absolute atomic E-state index is 8.24. The Morgan fingerprint density at radius 1 is 1.38 bits per heavy atom. The van der Waals surface area contributed by atoms with Crippen LogP contribution in [0.2, 0.25) is 0 Å². The van der Waals surface area contributed by atoms with E-state index in [0.29, 0.717) is 0 Å². The third kappa shape index (κ3) is 9.37. The number of hydrogen-bond acceptors (Lipinski definition) is 1. The van der Waals surface area contributed by atoms with Crippen LogP contribution in [0.15, 0.2) is 12.2 Å². The molecule has 0 rings (SSSR count). The maximum atomic E-state index is 8.24. The fourth-order valence-electron chi connectivity index (χ4n) is 0.359. The monoisotopic (exact) mass is 136 g/mol. The molecule has 1 nitrogen and oxygen atoms in total. The summed E-state index contributed by atoms with van der Waals surface area (Å²) in [6.45, 7) is 2.35. The van der Waals surface area contributed by atoms with Crippen molar-refractivity contribution in [2.75, 3.05) is 6.61 Å². The second-order valence-electron chi connectivity index (χ2n) is 1.39. The number of aliphatic hydroxyl groups excluding tert-OH is 1. The summed E-state index contributed by atoms with van der Waals surface area (Å²) in [5.74, 6) is 0. The summed E-state index contributed by atoms with van der Waals surface area (Å²) in [5.41, 5.74) is 0. The highest BCUT2D eigenvalue weighted by atomic mass is 35.5. The van der Waals surface area contributed by atoms with Crippen LogP contribution in [0.5, 0.6) is 0 Å². The van der Waals surface area contributed by atoms with E-state index in [-0.39, 0.29) is 19.0 Å². The highest BCUT2D eigenvalue weighted by Crippen LogP contribution is 1.82. The van der Waals surface area contributed by atoms with Gasteiger partial charge in [-0.25, -0.2) is 0 Å². The summed E-state index contributed by atoms with van der Waals surface area (Å²) in [6, 6.07) is 0. The van der Waals surface area contributed by atoms with Gasteiger partial charge < -0.3 is 5.11 Å². The van der Waals surface area contributed by atoms with Crippen molar-refractivity contribution in [3.8, 4) is 0 Å². The van der Waals surface area contributed by atoms with Crippen LogP contribution in [-0.4, -0.2) is 11.7 Å². The smallest absolute Gasteiger partial charge is 0.0465 e. The van der Waals surface area contributed by atoms with Crippen LogP contribution in [0.3, 0.4) is 0 Å². The lowest BCUT2D eigenvalue weighted by Crippen LogP contribution is -1.73. The lowest BCUT2D eigenvalue weighted by atomic mass is 10.3. The minimum absolute atomic E-state index is 0. The molecule has 0 aromatic carbocycles. The Hall–Kier alpha value is -0.0100. The van der Waals surface area contributed by atoms with Crippen LogP contribution < -0.4 is 0 Å². The van der Waals surface area contributed by atoms with Crippen molar-refractivity contribution in [2.24, 2.45) is 0 Å². The van der Waals surface area contributed by atoms with E-state index >= 15 is 0 Å². The molecule has 0 fully saturated rings. The van der Waals surface area contributed by atoms with Crippen LogP contribution in [0, 0.1) is 0 Å². The van der Waals surface area contributed by atoms with Gasteiger partial charge >= 0.3 is 0 Å². The number of halogens is 1. The molecule has 0 radical (unpaired) electrons. The number of rotatable bonds is 3. The molecule has 2 heteroatoms. The summed E-state index contributed by atoms with van der Waals surface area (Å²) in [5, 5.41) is 8.24. The van der Waals surface area contributed by atoms with E-state index in [1.807, 2.05) is 6.08 Å². The van der Waals surface area contributed by atoms with Crippen molar-refractivity contribution in [3.05, 3.63) is 12.2 Å². The molecule has 0 saturated carbocycles. The van der Waals surface area contributed by atoms with Crippen molar-refractivity contribution in [1.29, 1.82) is 0 Å². The van der Waals surface area contributed by atoms with E-state index in [2.05, 4.69) is 13.0 Å². The molecule has 8 heavy (non-hydrogen) atoms. The lowest BCUT2D eigenvalue weighted by molar-refractivity contribution is 0.302. The molecule has 0 amide bonds. The first-order chi connectivity index (χ1) is 3.41. The topological polar surface area (TPSA) is 20.2 Å². The zero-order valence-corrected chi connectivity index (χ0v) is 5.95. The first-order valence-electron chi connectivity index (χ1n) is 2.67. The van der Waals surface area contributed by atoms with Gasteiger partial charge in [0.15, 0.2) is 0 Å². The Balaban J connectivity index is 0. The van der Waals surface area contributed by atoms with E-state index in [1.54, 1.807) is 0 Å². The largest absolute Gasteiger partial charge is 0.396 e. The van der Waals surface area contributed by atoms with Gasteiger partial charge in [-0.05, 0) is 12.8 Å². The van der Waals surface area contributed by atoms with E-state index in [9.17, 15) is 0 Å². The van der Waals surface area contributed by atoms with Gasteiger partial charge in [0.25, 0.3) is 0 Å². The minimum Gasteiger partial charge on any atom is -0.396 e. The van der Waals surface area contributed by atoms with E-state index in [0.717, 1.165) is 12.8 Å². The Kier molecular flexibility index (Phi) is 13.7. The van der Waals surface area contributed by atoms with Crippen molar-refractivity contribution >= 4 is 12.4 Å². The molecule has 0 aliphatic carbocycles. The standard InChI is InChI=1S/C6H12O.ClH/c1-2-3-4-5-6-7;/h3-4,7H,2,5-6H2,1H3;1H/b4-3-;. The average Bonchev–Trinajstić information content (AvgIpc) is 1.69. The van der Waals surface area contributed by atoms with E-state index in [1.165, 1.54) is 0 Å². The van der Waals surface area contributed by atoms with Gasteiger partial charge in [0.2, 0.25) is 0 Å². The molecule has 0 aliphatic heterocycles. The van der Waals surface area contributed by atoms with E-state index < -0.39 is 0 Å². The summed E-state index contributed by atoms with van der Waals surface area (Å²) < 4.78 is 0. The molecule has 0 heterocycles. The van der Waals surface area contributed by atoms with Gasteiger partial charge in [-0.1, -0.05) is 19.1 Å². The van der Waals surface area contributed by atoms with Gasteiger partial charge in [-0.15, -0.1) is 12.4 Å². The molecule has 0 unspecified atom stereocenters. The summed E-state index contributed by atoms with van der Waals surface area (Å²) in [4.78, 5) is 0. The number of aliphatic hydroxyl groups is 1. The van der Waals surface area contributed by atoms with Gasteiger partial charge in [0, 0.05) is 6.61 Å². The Labute approximate surface area is 56.8 Å². The highest BCUT2D eigenvalue weighted by molar-refractivity contribution is 5.85. The molecule has 0 bridgehead atoms. The van der Waals surface area contributed by atoms with Gasteiger partial charge in [0.1, 0.15) is 0 Å². The van der Waals surface area contributed by atoms with Crippen LogP contribution in [-0.2, 0) is 0 Å². The summed E-state index contributed by atoms with van der Waals surface area (Å²) in [6.07, 6.45) is 5.91. The molecule has 0 aliphatic rings. The summed E-state index contributed by atoms with van der Waals surface area (Å²) >= 11 is 0. The molecule has 0 aromatic rings. The number of hydrogen-bond donors (Lipinski definition) is 1. The Morgan fingerprint density at radius 3 is 2.38 bits per heavy atom. The molecule has 0 spiro atoms.